The third-order valence-electron chi connectivity index (χ3n) is 2.11. The summed E-state index contributed by atoms with van der Waals surface area (Å²) in [6.07, 6.45) is 0.750. The minimum atomic E-state index is 0.750. The number of hydrogen-bond acceptors (Lipinski definition) is 2. The van der Waals surface area contributed by atoms with E-state index < -0.39 is 0 Å². The fraction of sp³-hybridized carbons (Fsp3) is 0.364. The Labute approximate surface area is 79.1 Å². The second-order valence-electron chi connectivity index (χ2n) is 3.12. The first-order valence-corrected chi connectivity index (χ1v) is 4.11. The van der Waals surface area contributed by atoms with Gasteiger partial charge in [-0.05, 0) is 49.9 Å². The molecule has 0 amide bonds. The van der Waals surface area contributed by atoms with E-state index in [-0.39, 0.29) is 0 Å². The van der Waals surface area contributed by atoms with Crippen LogP contribution in [0.1, 0.15) is 22.3 Å². The molecule has 0 saturated heterocycles. The van der Waals surface area contributed by atoms with E-state index in [1.165, 1.54) is 22.3 Å². The van der Waals surface area contributed by atoms with Crippen LogP contribution in [0.2, 0.25) is 0 Å². The van der Waals surface area contributed by atoms with Gasteiger partial charge in [0.1, 0.15) is 0 Å². The molecule has 2 heteroatoms. The maximum absolute atomic E-state index is 8.35. The van der Waals surface area contributed by atoms with Crippen molar-refractivity contribution in [2.75, 3.05) is 0 Å². The summed E-state index contributed by atoms with van der Waals surface area (Å²) in [4.78, 5) is 8.35. The Morgan fingerprint density at radius 1 is 0.923 bits per heavy atom. The van der Waals surface area contributed by atoms with Gasteiger partial charge in [0.25, 0.3) is 0 Å². The van der Waals surface area contributed by atoms with Gasteiger partial charge in [0.2, 0.25) is 6.08 Å². The van der Waals surface area contributed by atoms with Gasteiger partial charge in [-0.25, -0.2) is 10.2 Å². The molecule has 13 heavy (non-hydrogen) atoms. The van der Waals surface area contributed by atoms with Crippen LogP contribution in [-0.4, -0.2) is 6.08 Å². The fourth-order valence-corrected chi connectivity index (χ4v) is 1.10. The Bertz CT molecular complexity index is 273. The number of aryl methyl sites for hydroxylation is 4. The largest absolute Gasteiger partial charge is 0.231 e. The summed E-state index contributed by atoms with van der Waals surface area (Å²) < 4.78 is 0. The Morgan fingerprint density at radius 3 is 1.23 bits per heavy atom. The lowest BCUT2D eigenvalue weighted by Gasteiger charge is -2.04. The predicted molar refractivity (Wildman–Crippen MR) is 53.8 cm³/mol. The average Bonchev–Trinajstić information content (AvgIpc) is 2.03. The highest BCUT2D eigenvalue weighted by molar-refractivity contribution is 5.35. The number of hydrogen-bond donors (Lipinski definition) is 1. The lowest BCUT2D eigenvalue weighted by atomic mass is 10.0. The normalized spacial score (nSPS) is 8.31. The van der Waals surface area contributed by atoms with Crippen molar-refractivity contribution in [1.29, 1.82) is 5.41 Å². The number of isocyanates is 1. The van der Waals surface area contributed by atoms with Gasteiger partial charge in [-0.3, -0.25) is 0 Å². The minimum absolute atomic E-state index is 0.750. The van der Waals surface area contributed by atoms with E-state index in [0.717, 1.165) is 6.08 Å². The highest BCUT2D eigenvalue weighted by atomic mass is 16.1. The van der Waals surface area contributed by atoms with Crippen molar-refractivity contribution in [1.82, 2.24) is 0 Å². The molecule has 0 fully saturated rings. The van der Waals surface area contributed by atoms with E-state index in [2.05, 4.69) is 39.8 Å². The maximum Gasteiger partial charge on any atom is 0.231 e. The molecular formula is C11H15NO. The number of rotatable bonds is 0. The van der Waals surface area contributed by atoms with Crippen molar-refractivity contribution in [3.63, 3.8) is 0 Å². The Morgan fingerprint density at radius 2 is 1.08 bits per heavy atom. The summed E-state index contributed by atoms with van der Waals surface area (Å²) in [6.45, 7) is 8.62. The molecule has 0 spiro atoms. The van der Waals surface area contributed by atoms with Gasteiger partial charge in [0, 0.05) is 0 Å². The van der Waals surface area contributed by atoms with E-state index in [1.807, 2.05) is 0 Å². The quantitative estimate of drug-likeness (QED) is 0.480. The monoisotopic (exact) mass is 177 g/mol. The Balaban J connectivity index is 0.000000424. The van der Waals surface area contributed by atoms with Gasteiger partial charge in [-0.2, -0.15) is 0 Å². The first-order valence-electron chi connectivity index (χ1n) is 4.11. The summed E-state index contributed by atoms with van der Waals surface area (Å²) in [5.74, 6) is 0. The van der Waals surface area contributed by atoms with Gasteiger partial charge in [-0.1, -0.05) is 12.1 Å². The molecular weight excluding hydrogens is 162 g/mol. The smallest absolute Gasteiger partial charge is 0.222 e. The zero-order valence-electron chi connectivity index (χ0n) is 8.56. The molecule has 0 aliphatic rings. The molecule has 1 aromatic rings. The summed E-state index contributed by atoms with van der Waals surface area (Å²) in [5.41, 5.74) is 5.57. The number of benzene rings is 1. The Hall–Kier alpha value is -1.40. The molecule has 0 aromatic heterocycles. The van der Waals surface area contributed by atoms with Crippen molar-refractivity contribution in [3.05, 3.63) is 34.4 Å². The minimum Gasteiger partial charge on any atom is -0.222 e. The molecule has 0 saturated carbocycles. The zero-order chi connectivity index (χ0) is 10.4. The molecule has 0 heterocycles. The van der Waals surface area contributed by atoms with E-state index in [1.54, 1.807) is 0 Å². The van der Waals surface area contributed by atoms with Crippen LogP contribution in [0.4, 0.5) is 0 Å². The molecule has 0 unspecified atom stereocenters. The van der Waals surface area contributed by atoms with Crippen molar-refractivity contribution in [2.24, 2.45) is 0 Å². The number of nitrogens with one attached hydrogen (secondary N) is 1. The summed E-state index contributed by atoms with van der Waals surface area (Å²) in [5, 5.41) is 5.40. The van der Waals surface area contributed by atoms with E-state index in [9.17, 15) is 0 Å². The molecule has 0 bridgehead atoms. The third-order valence-corrected chi connectivity index (χ3v) is 2.11. The van der Waals surface area contributed by atoms with Crippen LogP contribution in [0.3, 0.4) is 0 Å². The highest BCUT2D eigenvalue weighted by Gasteiger charge is 1.95. The lowest BCUT2D eigenvalue weighted by molar-refractivity contribution is 0.563. The topological polar surface area (TPSA) is 40.9 Å². The summed E-state index contributed by atoms with van der Waals surface area (Å²) in [6, 6.07) is 4.48. The van der Waals surface area contributed by atoms with Gasteiger partial charge >= 0.3 is 0 Å². The molecule has 1 aromatic carbocycles. The first kappa shape index (κ1) is 11.6. The highest BCUT2D eigenvalue weighted by Crippen LogP contribution is 2.13. The molecule has 0 aliphatic heterocycles. The predicted octanol–water partition coefficient (Wildman–Crippen LogP) is 2.82. The summed E-state index contributed by atoms with van der Waals surface area (Å²) >= 11 is 0. The van der Waals surface area contributed by atoms with Gasteiger partial charge < -0.3 is 0 Å². The van der Waals surface area contributed by atoms with E-state index in [0.29, 0.717) is 0 Å². The van der Waals surface area contributed by atoms with Crippen molar-refractivity contribution in [2.45, 2.75) is 27.7 Å². The van der Waals surface area contributed by atoms with Crippen molar-refractivity contribution >= 4 is 6.08 Å². The van der Waals surface area contributed by atoms with E-state index >= 15 is 0 Å². The molecule has 2 nitrogen and oxygen atoms in total. The summed E-state index contributed by atoms with van der Waals surface area (Å²) in [7, 11) is 0. The van der Waals surface area contributed by atoms with Crippen LogP contribution in [0.25, 0.3) is 0 Å². The molecule has 0 atom stereocenters. The second kappa shape index (κ2) is 5.28. The van der Waals surface area contributed by atoms with Crippen molar-refractivity contribution in [3.8, 4) is 0 Å². The molecule has 0 radical (unpaired) electrons. The maximum atomic E-state index is 8.35. The van der Waals surface area contributed by atoms with Gasteiger partial charge in [0.05, 0.1) is 0 Å². The fourth-order valence-electron chi connectivity index (χ4n) is 1.10. The molecule has 1 rings (SSSR count). The Kier molecular flexibility index (Phi) is 4.71. The van der Waals surface area contributed by atoms with Gasteiger partial charge in [-0.15, -0.1) is 0 Å². The average molecular weight is 177 g/mol. The third kappa shape index (κ3) is 3.68. The number of carbonyl (C=O) groups excluding carboxylic acids is 1. The first-order chi connectivity index (χ1) is 6.02. The second-order valence-corrected chi connectivity index (χ2v) is 3.12. The zero-order valence-corrected chi connectivity index (χ0v) is 8.56. The van der Waals surface area contributed by atoms with Crippen LogP contribution in [0.5, 0.6) is 0 Å². The molecule has 0 aliphatic carbocycles. The molecule has 1 N–H and O–H groups in total. The SMILES string of the molecule is Cc1cc(C)c(C)cc1C.N=C=O. The standard InChI is InChI=1S/C10H14.CHNO/c1-7-5-9(3)10(4)6-8(7)2;2-1-3/h5-6H,1-4H3;2H. The van der Waals surface area contributed by atoms with Crippen molar-refractivity contribution < 1.29 is 4.79 Å². The van der Waals surface area contributed by atoms with Crippen LogP contribution >= 0.6 is 0 Å². The van der Waals surface area contributed by atoms with Crippen LogP contribution in [0.15, 0.2) is 12.1 Å². The van der Waals surface area contributed by atoms with E-state index in [4.69, 9.17) is 10.2 Å². The van der Waals surface area contributed by atoms with Gasteiger partial charge in [0.15, 0.2) is 0 Å². The lowest BCUT2D eigenvalue weighted by Crippen LogP contribution is -1.86. The molecule has 70 valence electrons. The van der Waals surface area contributed by atoms with Crippen LogP contribution in [0, 0.1) is 33.1 Å². The van der Waals surface area contributed by atoms with Crippen LogP contribution < -0.4 is 0 Å². The van der Waals surface area contributed by atoms with Crippen LogP contribution in [-0.2, 0) is 4.79 Å².